The Morgan fingerprint density at radius 3 is 3.04 bits per heavy atom. The molecular weight excluding hydrogens is 332 g/mol. The molecule has 0 spiro atoms. The zero-order chi connectivity index (χ0) is 18.1. The summed E-state index contributed by atoms with van der Waals surface area (Å²) in [6.07, 6.45) is 9.18. The molecule has 2 aromatic heterocycles. The van der Waals surface area contributed by atoms with Gasteiger partial charge >= 0.3 is 0 Å². The predicted molar refractivity (Wildman–Crippen MR) is 96.2 cm³/mol. The van der Waals surface area contributed by atoms with E-state index in [0.717, 1.165) is 16.8 Å². The highest BCUT2D eigenvalue weighted by Crippen LogP contribution is 2.39. The third kappa shape index (κ3) is 3.44. The summed E-state index contributed by atoms with van der Waals surface area (Å²) in [4.78, 5) is 25.5. The fourth-order valence-corrected chi connectivity index (χ4v) is 3.01. The minimum Gasteiger partial charge on any atom is -0.331 e. The number of nitrogens with one attached hydrogen (secondary N) is 2. The van der Waals surface area contributed by atoms with Gasteiger partial charge < -0.3 is 10.2 Å². The van der Waals surface area contributed by atoms with Gasteiger partial charge in [0.05, 0.1) is 6.20 Å². The lowest BCUT2D eigenvalue weighted by Gasteiger charge is -2.13. The number of anilines is 1. The minimum atomic E-state index is -0.183. The van der Waals surface area contributed by atoms with Crippen LogP contribution in [0.15, 0.2) is 37.2 Å². The van der Waals surface area contributed by atoms with Gasteiger partial charge in [0, 0.05) is 42.5 Å². The molecule has 26 heavy (non-hydrogen) atoms. The molecule has 3 heterocycles. The Morgan fingerprint density at radius 2 is 2.27 bits per heavy atom. The topological polar surface area (TPSA) is 95.9 Å². The average molecular weight is 352 g/mol. The second-order valence-electron chi connectivity index (χ2n) is 6.61. The van der Waals surface area contributed by atoms with Crippen molar-refractivity contribution >= 4 is 23.2 Å². The molecule has 0 radical (unpaired) electrons. The predicted octanol–water partition coefficient (Wildman–Crippen LogP) is 1.53. The molecule has 1 saturated carbocycles. The zero-order valence-electron chi connectivity index (χ0n) is 14.3. The molecule has 134 valence electrons. The summed E-state index contributed by atoms with van der Waals surface area (Å²) in [5.41, 5.74) is 3.01. The number of hydrogen-bond acceptors (Lipinski definition) is 4. The van der Waals surface area contributed by atoms with Crippen molar-refractivity contribution < 1.29 is 9.59 Å². The van der Waals surface area contributed by atoms with Gasteiger partial charge in [-0.2, -0.15) is 10.2 Å². The summed E-state index contributed by atoms with van der Waals surface area (Å²) in [6, 6.07) is 1.89. The van der Waals surface area contributed by atoms with Crippen LogP contribution >= 0.6 is 0 Å². The molecular formula is C18H20N6O2. The average Bonchev–Trinajstić information content (AvgIpc) is 3.04. The van der Waals surface area contributed by atoms with Crippen LogP contribution in [0.25, 0.3) is 5.57 Å². The van der Waals surface area contributed by atoms with Crippen LogP contribution in [0, 0.1) is 0 Å². The lowest BCUT2D eigenvalue weighted by Crippen LogP contribution is -2.26. The van der Waals surface area contributed by atoms with Crippen LogP contribution in [0.2, 0.25) is 0 Å². The number of aromatic nitrogens is 4. The molecule has 8 heteroatoms. The highest BCUT2D eigenvalue weighted by atomic mass is 16.2. The summed E-state index contributed by atoms with van der Waals surface area (Å²) >= 11 is 0. The first-order valence-corrected chi connectivity index (χ1v) is 8.60. The van der Waals surface area contributed by atoms with Crippen LogP contribution in [0.4, 0.5) is 5.82 Å². The van der Waals surface area contributed by atoms with E-state index in [9.17, 15) is 9.59 Å². The lowest BCUT2D eigenvalue weighted by molar-refractivity contribution is -0.124. The van der Waals surface area contributed by atoms with E-state index in [2.05, 4.69) is 27.2 Å². The maximum Gasteiger partial charge on any atom is 0.247 e. The van der Waals surface area contributed by atoms with E-state index in [1.54, 1.807) is 15.8 Å². The van der Waals surface area contributed by atoms with Gasteiger partial charge in [-0.3, -0.25) is 19.4 Å². The molecule has 2 aromatic rings. The Morgan fingerprint density at radius 1 is 1.42 bits per heavy atom. The Labute approximate surface area is 150 Å². The van der Waals surface area contributed by atoms with Gasteiger partial charge in [0.1, 0.15) is 6.54 Å². The Bertz CT molecular complexity index is 889. The van der Waals surface area contributed by atoms with Crippen molar-refractivity contribution in [3.63, 3.8) is 0 Å². The number of hydrogen-bond donors (Lipinski definition) is 2. The maximum absolute atomic E-state index is 12.2. The van der Waals surface area contributed by atoms with Crippen molar-refractivity contribution in [3.8, 4) is 0 Å². The standard InChI is InChI=1S/C18H20N6O2/c1-2-18(26)23-6-5-13(9-23)14-8-19-24(10-14)11-17(25)20-16-7-15(21-22-16)12-3-4-12/h2,5,7-8,10,12H,1,3-4,6,9,11H2,(H2,20,21,22,25). The van der Waals surface area contributed by atoms with E-state index >= 15 is 0 Å². The number of nitrogens with zero attached hydrogens (tertiary/aromatic N) is 4. The molecule has 0 unspecified atom stereocenters. The first-order chi connectivity index (χ1) is 12.6. The summed E-state index contributed by atoms with van der Waals surface area (Å²) in [5.74, 6) is 0.834. The van der Waals surface area contributed by atoms with E-state index < -0.39 is 0 Å². The second-order valence-corrected chi connectivity index (χ2v) is 6.61. The van der Waals surface area contributed by atoms with Crippen molar-refractivity contribution in [2.45, 2.75) is 25.3 Å². The number of aromatic amines is 1. The number of amides is 2. The second kappa shape index (κ2) is 6.62. The highest BCUT2D eigenvalue weighted by Gasteiger charge is 2.25. The summed E-state index contributed by atoms with van der Waals surface area (Å²) in [5, 5.41) is 14.1. The highest BCUT2D eigenvalue weighted by molar-refractivity contribution is 5.90. The first kappa shape index (κ1) is 16.3. The minimum absolute atomic E-state index is 0.0902. The van der Waals surface area contributed by atoms with Crippen molar-refractivity contribution in [1.82, 2.24) is 24.9 Å². The summed E-state index contributed by atoms with van der Waals surface area (Å²) < 4.78 is 1.58. The molecule has 1 fully saturated rings. The van der Waals surface area contributed by atoms with E-state index in [4.69, 9.17) is 0 Å². The number of carbonyl (C=O) groups is 2. The van der Waals surface area contributed by atoms with Crippen LogP contribution in [0.3, 0.4) is 0 Å². The Balaban J connectivity index is 1.33. The van der Waals surface area contributed by atoms with E-state index in [1.165, 1.54) is 18.9 Å². The van der Waals surface area contributed by atoms with Gasteiger partial charge in [-0.15, -0.1) is 0 Å². The molecule has 1 aliphatic carbocycles. The molecule has 0 bridgehead atoms. The molecule has 1 aliphatic heterocycles. The van der Waals surface area contributed by atoms with Gasteiger partial charge in [-0.05, 0) is 24.5 Å². The third-order valence-electron chi connectivity index (χ3n) is 4.60. The van der Waals surface area contributed by atoms with Crippen molar-refractivity contribution in [3.05, 3.63) is 48.4 Å². The van der Waals surface area contributed by atoms with Crippen LogP contribution in [0.5, 0.6) is 0 Å². The Kier molecular flexibility index (Phi) is 4.16. The van der Waals surface area contributed by atoms with Crippen LogP contribution < -0.4 is 5.32 Å². The maximum atomic E-state index is 12.2. The van der Waals surface area contributed by atoms with Crippen molar-refractivity contribution in [2.24, 2.45) is 0 Å². The van der Waals surface area contributed by atoms with Crippen molar-refractivity contribution in [2.75, 3.05) is 18.4 Å². The largest absolute Gasteiger partial charge is 0.331 e. The molecule has 2 N–H and O–H groups in total. The molecule has 2 aliphatic rings. The fraction of sp³-hybridized carbons (Fsp3) is 0.333. The summed E-state index contributed by atoms with van der Waals surface area (Å²) in [6.45, 7) is 4.70. The molecule has 0 aromatic carbocycles. The van der Waals surface area contributed by atoms with Gasteiger partial charge in [0.25, 0.3) is 0 Å². The van der Waals surface area contributed by atoms with Crippen molar-refractivity contribution in [1.29, 1.82) is 0 Å². The zero-order valence-corrected chi connectivity index (χ0v) is 14.3. The lowest BCUT2D eigenvalue weighted by atomic mass is 10.1. The SMILES string of the molecule is C=CC(=O)N1CC=C(c2cnn(CC(=O)Nc3cc(C4CC4)[nH]n3)c2)C1. The number of rotatable bonds is 6. The Hall–Kier alpha value is -3.16. The fourth-order valence-electron chi connectivity index (χ4n) is 3.01. The van der Waals surface area contributed by atoms with Crippen LogP contribution in [0.1, 0.15) is 30.0 Å². The van der Waals surface area contributed by atoms with Gasteiger partial charge in [0.2, 0.25) is 11.8 Å². The summed E-state index contributed by atoms with van der Waals surface area (Å²) in [7, 11) is 0. The van der Waals surface area contributed by atoms with Gasteiger partial charge in [-0.25, -0.2) is 0 Å². The quantitative estimate of drug-likeness (QED) is 0.771. The molecule has 0 saturated heterocycles. The number of carbonyl (C=O) groups excluding carboxylic acids is 2. The molecule has 2 amide bonds. The molecule has 8 nitrogen and oxygen atoms in total. The van der Waals surface area contributed by atoms with Gasteiger partial charge in [0.15, 0.2) is 5.82 Å². The van der Waals surface area contributed by atoms with E-state index in [0.29, 0.717) is 24.8 Å². The van der Waals surface area contributed by atoms with Gasteiger partial charge in [-0.1, -0.05) is 12.7 Å². The van der Waals surface area contributed by atoms with Crippen LogP contribution in [-0.4, -0.2) is 49.8 Å². The smallest absolute Gasteiger partial charge is 0.247 e. The third-order valence-corrected chi connectivity index (χ3v) is 4.60. The molecule has 0 atom stereocenters. The normalized spacial score (nSPS) is 16.5. The first-order valence-electron chi connectivity index (χ1n) is 8.60. The monoisotopic (exact) mass is 352 g/mol. The van der Waals surface area contributed by atoms with E-state index in [1.807, 2.05) is 18.3 Å². The molecule has 4 rings (SSSR count). The number of H-pyrrole nitrogens is 1. The van der Waals surface area contributed by atoms with E-state index in [-0.39, 0.29) is 18.4 Å². The van der Waals surface area contributed by atoms with Crippen LogP contribution in [-0.2, 0) is 16.1 Å².